The van der Waals surface area contributed by atoms with Crippen molar-refractivity contribution in [2.45, 2.75) is 38.9 Å². The molecule has 5 heteroatoms. The Morgan fingerprint density at radius 3 is 2.48 bits per heavy atom. The van der Waals surface area contributed by atoms with E-state index in [-0.39, 0.29) is 10.8 Å². The van der Waals surface area contributed by atoms with Gasteiger partial charge in [-0.05, 0) is 39.7 Å². The molecule has 0 spiro atoms. The zero-order valence-electron chi connectivity index (χ0n) is 13.4. The molecule has 0 saturated carbocycles. The van der Waals surface area contributed by atoms with Crippen LogP contribution in [0.5, 0.6) is 0 Å². The van der Waals surface area contributed by atoms with Gasteiger partial charge in [-0.25, -0.2) is 4.79 Å². The lowest BCUT2D eigenvalue weighted by molar-refractivity contribution is 0.241. The summed E-state index contributed by atoms with van der Waals surface area (Å²) in [5.41, 5.74) is 2.44. The van der Waals surface area contributed by atoms with Gasteiger partial charge >= 0.3 is 6.03 Å². The third kappa shape index (κ3) is 7.27. The molecule has 21 heavy (non-hydrogen) atoms. The van der Waals surface area contributed by atoms with Crippen LogP contribution in [-0.4, -0.2) is 33.8 Å². The minimum absolute atomic E-state index is 0.200. The van der Waals surface area contributed by atoms with Crippen LogP contribution in [0.15, 0.2) is 24.3 Å². The average Bonchev–Trinajstić information content (AvgIpc) is 2.37. The van der Waals surface area contributed by atoms with E-state index < -0.39 is 10.8 Å². The van der Waals surface area contributed by atoms with E-state index in [1.54, 1.807) is 0 Å². The van der Waals surface area contributed by atoms with E-state index >= 15 is 0 Å². The summed E-state index contributed by atoms with van der Waals surface area (Å²) in [5.74, 6) is 0.481. The summed E-state index contributed by atoms with van der Waals surface area (Å²) in [6, 6.07) is 8.05. The molecule has 1 unspecified atom stereocenters. The van der Waals surface area contributed by atoms with Crippen LogP contribution < -0.4 is 10.6 Å². The largest absolute Gasteiger partial charge is 0.338 e. The molecule has 0 aliphatic carbocycles. The zero-order chi connectivity index (χ0) is 15.9. The van der Waals surface area contributed by atoms with Gasteiger partial charge in [-0.2, -0.15) is 0 Å². The first-order chi connectivity index (χ1) is 9.79. The Labute approximate surface area is 130 Å². The molecule has 4 nitrogen and oxygen atoms in total. The van der Waals surface area contributed by atoms with Crippen LogP contribution in [0.4, 0.5) is 4.79 Å². The van der Waals surface area contributed by atoms with Crippen molar-refractivity contribution in [3.63, 3.8) is 0 Å². The third-order valence-corrected chi connectivity index (χ3v) is 4.98. The highest BCUT2D eigenvalue weighted by Gasteiger charge is 2.18. The first kappa shape index (κ1) is 17.7. The van der Waals surface area contributed by atoms with Crippen LogP contribution >= 0.6 is 0 Å². The number of hydrogen-bond donors (Lipinski definition) is 2. The fourth-order valence-electron chi connectivity index (χ4n) is 1.81. The van der Waals surface area contributed by atoms with Gasteiger partial charge in [0.05, 0.1) is 0 Å². The van der Waals surface area contributed by atoms with E-state index in [1.807, 2.05) is 26.8 Å². The molecule has 1 rings (SSSR count). The number of benzene rings is 1. The van der Waals surface area contributed by atoms with E-state index in [0.29, 0.717) is 18.8 Å². The monoisotopic (exact) mass is 310 g/mol. The number of carbonyl (C=O) groups is 1. The molecule has 0 aliphatic rings. The summed E-state index contributed by atoms with van der Waals surface area (Å²) in [4.78, 5) is 11.6. The highest BCUT2D eigenvalue weighted by Crippen LogP contribution is 2.10. The standard InChI is InChI=1S/C16H26N2O2S/c1-13-6-5-7-14(12-13)8-9-17-15(19)18-10-11-21(20)16(2,3)4/h5-7,12H,8-11H2,1-4H3,(H2,17,18,19). The predicted molar refractivity (Wildman–Crippen MR) is 89.0 cm³/mol. The van der Waals surface area contributed by atoms with Crippen LogP contribution in [0.1, 0.15) is 31.9 Å². The third-order valence-electron chi connectivity index (χ3n) is 3.04. The molecule has 1 aromatic carbocycles. The second-order valence-corrected chi connectivity index (χ2v) is 8.41. The lowest BCUT2D eigenvalue weighted by Crippen LogP contribution is -2.39. The number of rotatable bonds is 6. The molecule has 0 bridgehead atoms. The summed E-state index contributed by atoms with van der Waals surface area (Å²) < 4.78 is 11.6. The highest BCUT2D eigenvalue weighted by atomic mass is 32.2. The first-order valence-corrected chi connectivity index (χ1v) is 8.56. The zero-order valence-corrected chi connectivity index (χ0v) is 14.2. The van der Waals surface area contributed by atoms with Crippen molar-refractivity contribution < 1.29 is 9.00 Å². The SMILES string of the molecule is Cc1cccc(CCNC(=O)NCCS(=O)C(C)(C)C)c1. The Kier molecular flexibility index (Phi) is 6.89. The van der Waals surface area contributed by atoms with Gasteiger partial charge in [0.1, 0.15) is 0 Å². The first-order valence-electron chi connectivity index (χ1n) is 7.25. The molecule has 0 aromatic heterocycles. The van der Waals surface area contributed by atoms with Crippen LogP contribution in [-0.2, 0) is 17.2 Å². The Balaban J connectivity index is 2.19. The Morgan fingerprint density at radius 1 is 1.19 bits per heavy atom. The highest BCUT2D eigenvalue weighted by molar-refractivity contribution is 7.86. The second-order valence-electron chi connectivity index (χ2n) is 6.08. The van der Waals surface area contributed by atoms with Crippen LogP contribution in [0.2, 0.25) is 0 Å². The average molecular weight is 310 g/mol. The number of carbonyl (C=O) groups excluding carboxylic acids is 1. The topological polar surface area (TPSA) is 58.2 Å². The normalized spacial score (nSPS) is 12.8. The number of nitrogens with one attached hydrogen (secondary N) is 2. The Hall–Kier alpha value is -1.36. The molecule has 0 fully saturated rings. The van der Waals surface area contributed by atoms with E-state index in [4.69, 9.17) is 0 Å². The molecule has 1 atom stereocenters. The van der Waals surface area contributed by atoms with Crippen LogP contribution in [0, 0.1) is 6.92 Å². The van der Waals surface area contributed by atoms with Crippen molar-refractivity contribution in [2.75, 3.05) is 18.8 Å². The molecule has 0 heterocycles. The van der Waals surface area contributed by atoms with Crippen LogP contribution in [0.25, 0.3) is 0 Å². The lowest BCUT2D eigenvalue weighted by Gasteiger charge is -2.17. The van der Waals surface area contributed by atoms with Crippen molar-refractivity contribution in [3.05, 3.63) is 35.4 Å². The smallest absolute Gasteiger partial charge is 0.314 e. The number of amides is 2. The summed E-state index contributed by atoms with van der Waals surface area (Å²) in [6.45, 7) is 8.89. The van der Waals surface area contributed by atoms with E-state index in [0.717, 1.165) is 6.42 Å². The Bertz CT molecular complexity index is 495. The van der Waals surface area contributed by atoms with Crippen molar-refractivity contribution in [1.29, 1.82) is 0 Å². The van der Waals surface area contributed by atoms with Gasteiger partial charge in [0.15, 0.2) is 0 Å². The van der Waals surface area contributed by atoms with Crippen molar-refractivity contribution in [3.8, 4) is 0 Å². The summed E-state index contributed by atoms with van der Waals surface area (Å²) in [5, 5.41) is 5.55. The lowest BCUT2D eigenvalue weighted by atomic mass is 10.1. The van der Waals surface area contributed by atoms with Crippen molar-refractivity contribution >= 4 is 16.8 Å². The van der Waals surface area contributed by atoms with Gasteiger partial charge in [-0.1, -0.05) is 29.8 Å². The summed E-state index contributed by atoms with van der Waals surface area (Å²) >= 11 is 0. The number of urea groups is 1. The minimum atomic E-state index is -0.934. The van der Waals surface area contributed by atoms with Gasteiger partial charge < -0.3 is 10.6 Å². The maximum atomic E-state index is 11.8. The molecule has 0 aliphatic heterocycles. The summed E-state index contributed by atoms with van der Waals surface area (Å²) in [6.07, 6.45) is 0.809. The van der Waals surface area contributed by atoms with Gasteiger partial charge in [-0.15, -0.1) is 0 Å². The maximum Gasteiger partial charge on any atom is 0.314 e. The molecule has 118 valence electrons. The number of hydrogen-bond acceptors (Lipinski definition) is 2. The fraction of sp³-hybridized carbons (Fsp3) is 0.562. The van der Waals surface area contributed by atoms with Gasteiger partial charge in [0, 0.05) is 34.4 Å². The number of aryl methyl sites for hydroxylation is 1. The van der Waals surface area contributed by atoms with Gasteiger partial charge in [0.2, 0.25) is 0 Å². The van der Waals surface area contributed by atoms with E-state index in [2.05, 4.69) is 35.8 Å². The van der Waals surface area contributed by atoms with Crippen LogP contribution in [0.3, 0.4) is 0 Å². The molecule has 2 N–H and O–H groups in total. The summed E-state index contributed by atoms with van der Waals surface area (Å²) in [7, 11) is -0.934. The predicted octanol–water partition coefficient (Wildman–Crippen LogP) is 2.38. The second kappa shape index (κ2) is 8.17. The van der Waals surface area contributed by atoms with Crippen molar-refractivity contribution in [1.82, 2.24) is 10.6 Å². The molecular formula is C16H26N2O2S. The van der Waals surface area contributed by atoms with E-state index in [9.17, 15) is 9.00 Å². The molecular weight excluding hydrogens is 284 g/mol. The fourth-order valence-corrected chi connectivity index (χ4v) is 2.71. The van der Waals surface area contributed by atoms with Crippen molar-refractivity contribution in [2.24, 2.45) is 0 Å². The Morgan fingerprint density at radius 2 is 1.86 bits per heavy atom. The van der Waals surface area contributed by atoms with Gasteiger partial charge in [0.25, 0.3) is 0 Å². The molecule has 0 saturated heterocycles. The van der Waals surface area contributed by atoms with Gasteiger partial charge in [-0.3, -0.25) is 4.21 Å². The quantitative estimate of drug-likeness (QED) is 0.847. The molecule has 1 aromatic rings. The molecule has 2 amide bonds. The minimum Gasteiger partial charge on any atom is -0.338 e. The molecule has 0 radical (unpaired) electrons. The maximum absolute atomic E-state index is 11.8. The van der Waals surface area contributed by atoms with E-state index in [1.165, 1.54) is 11.1 Å².